The first-order valence-corrected chi connectivity index (χ1v) is 6.02. The van der Waals surface area contributed by atoms with Gasteiger partial charge >= 0.3 is 0 Å². The quantitative estimate of drug-likeness (QED) is 0.548. The molecule has 0 aromatic rings. The van der Waals surface area contributed by atoms with E-state index in [4.69, 9.17) is 0 Å². The fraction of sp³-hybridized carbons (Fsp3) is 0.909. The molecule has 1 aliphatic rings. The van der Waals surface area contributed by atoms with Crippen LogP contribution in [0.1, 0.15) is 41.5 Å². The summed E-state index contributed by atoms with van der Waals surface area (Å²) in [7, 11) is 0.552. The van der Waals surface area contributed by atoms with Crippen LogP contribution < -0.4 is 0 Å². The van der Waals surface area contributed by atoms with Crippen molar-refractivity contribution >= 4 is 14.1 Å². The smallest absolute Gasteiger partial charge is 0.155 e. The molecule has 0 N–H and O–H groups in total. The molecule has 76 valence electrons. The zero-order valence-corrected chi connectivity index (χ0v) is 10.6. The molecule has 0 saturated carbocycles. The highest BCUT2D eigenvalue weighted by Crippen LogP contribution is 2.57. The summed E-state index contributed by atoms with van der Waals surface area (Å²) in [5.74, 6) is 0.297. The third-order valence-electron chi connectivity index (χ3n) is 2.78. The highest BCUT2D eigenvalue weighted by Gasteiger charge is 2.51. The second kappa shape index (κ2) is 3.05. The normalized spacial score (nSPS) is 32.0. The number of carbonyl (C=O) groups is 1. The predicted molar refractivity (Wildman–Crippen MR) is 59.5 cm³/mol. The van der Waals surface area contributed by atoms with Gasteiger partial charge in [0.15, 0.2) is 5.52 Å². The molecule has 1 fully saturated rings. The van der Waals surface area contributed by atoms with Gasteiger partial charge in [0.05, 0.1) is 0 Å². The molecule has 3 atom stereocenters. The molecule has 2 heteroatoms. The van der Waals surface area contributed by atoms with Gasteiger partial charge in [-0.2, -0.15) is 0 Å². The zero-order valence-electron chi connectivity index (χ0n) is 9.56. The molecule has 0 spiro atoms. The molecule has 13 heavy (non-hydrogen) atoms. The number of rotatable bonds is 0. The Morgan fingerprint density at radius 1 is 1.00 bits per heavy atom. The van der Waals surface area contributed by atoms with Gasteiger partial charge in [-0.1, -0.05) is 41.5 Å². The van der Waals surface area contributed by atoms with Crippen LogP contribution in [0.2, 0.25) is 0 Å². The van der Waals surface area contributed by atoms with E-state index in [1.54, 1.807) is 0 Å². The summed E-state index contributed by atoms with van der Waals surface area (Å²) in [5.41, 5.74) is 1.55. The third-order valence-corrected chi connectivity index (χ3v) is 4.89. The Labute approximate surface area is 83.5 Å². The minimum absolute atomic E-state index is 0.153. The molecule has 1 unspecified atom stereocenters. The van der Waals surface area contributed by atoms with E-state index in [-0.39, 0.29) is 5.41 Å². The summed E-state index contributed by atoms with van der Waals surface area (Å²) in [4.78, 5) is 11.5. The van der Waals surface area contributed by atoms with Crippen molar-refractivity contribution in [2.24, 2.45) is 16.7 Å². The Morgan fingerprint density at radius 3 is 1.62 bits per heavy atom. The number of hydrogen-bond donors (Lipinski definition) is 0. The van der Waals surface area contributed by atoms with Crippen LogP contribution in [0.15, 0.2) is 0 Å². The summed E-state index contributed by atoms with van der Waals surface area (Å²) >= 11 is 0. The van der Waals surface area contributed by atoms with Crippen LogP contribution in [0, 0.1) is 16.7 Å². The van der Waals surface area contributed by atoms with Crippen molar-refractivity contribution in [3.63, 3.8) is 0 Å². The van der Waals surface area contributed by atoms with E-state index < -0.39 is 0 Å². The molecule has 0 radical (unpaired) electrons. The van der Waals surface area contributed by atoms with Crippen LogP contribution in [0.3, 0.4) is 0 Å². The molecule has 1 nitrogen and oxygen atoms in total. The first-order chi connectivity index (χ1) is 5.64. The fourth-order valence-electron chi connectivity index (χ4n) is 1.99. The van der Waals surface area contributed by atoms with Gasteiger partial charge in [0, 0.05) is 5.92 Å². The van der Waals surface area contributed by atoms with Crippen molar-refractivity contribution in [2.75, 3.05) is 0 Å². The zero-order chi connectivity index (χ0) is 10.4. The van der Waals surface area contributed by atoms with Gasteiger partial charge in [0.2, 0.25) is 0 Å². The minimum Gasteiger partial charge on any atom is -0.295 e. The molecular weight excluding hydrogens is 179 g/mol. The molecule has 1 rings (SSSR count). The molecule has 0 aliphatic carbocycles. The molecule has 0 bridgehead atoms. The lowest BCUT2D eigenvalue weighted by Crippen LogP contribution is -2.49. The molecule has 1 saturated heterocycles. The molecule has 0 aromatic heterocycles. The van der Waals surface area contributed by atoms with E-state index in [9.17, 15) is 4.79 Å². The minimum atomic E-state index is 0.153. The summed E-state index contributed by atoms with van der Waals surface area (Å²) in [6, 6.07) is 0. The second-order valence-electron chi connectivity index (χ2n) is 6.20. The van der Waals surface area contributed by atoms with Crippen molar-refractivity contribution in [3.8, 4) is 0 Å². The van der Waals surface area contributed by atoms with E-state index in [1.165, 1.54) is 0 Å². The maximum Gasteiger partial charge on any atom is 0.155 e. The van der Waals surface area contributed by atoms with Crippen LogP contribution in [0.4, 0.5) is 0 Å². The Kier molecular flexibility index (Phi) is 2.62. The monoisotopic (exact) mass is 200 g/mol. The van der Waals surface area contributed by atoms with Crippen molar-refractivity contribution in [3.05, 3.63) is 0 Å². The lowest BCUT2D eigenvalue weighted by atomic mass is 9.71. The van der Waals surface area contributed by atoms with Crippen molar-refractivity contribution in [2.45, 2.75) is 47.2 Å². The Morgan fingerprint density at radius 2 is 1.46 bits per heavy atom. The lowest BCUT2D eigenvalue weighted by Gasteiger charge is -2.49. The largest absolute Gasteiger partial charge is 0.295 e. The average molecular weight is 200 g/mol. The van der Waals surface area contributed by atoms with E-state index in [2.05, 4.69) is 41.5 Å². The average Bonchev–Trinajstić information content (AvgIpc) is 1.75. The first-order valence-electron chi connectivity index (χ1n) is 4.94. The van der Waals surface area contributed by atoms with Gasteiger partial charge in [0.25, 0.3) is 0 Å². The number of hydrogen-bond acceptors (Lipinski definition) is 1. The van der Waals surface area contributed by atoms with Gasteiger partial charge in [-0.15, -0.1) is 0 Å². The Hall–Kier alpha value is 0.100. The molecule has 1 aliphatic heterocycles. The predicted octanol–water partition coefficient (Wildman–Crippen LogP) is 3.28. The molecule has 0 amide bonds. The number of carbonyl (C=O) groups excluding carboxylic acids is 1. The van der Waals surface area contributed by atoms with Crippen molar-refractivity contribution in [1.82, 2.24) is 0 Å². The van der Waals surface area contributed by atoms with Crippen LogP contribution in [0.5, 0.6) is 0 Å². The molecule has 0 aromatic carbocycles. The maximum absolute atomic E-state index is 11.5. The molecular formula is C11H21OP. The van der Waals surface area contributed by atoms with E-state index in [0.29, 0.717) is 31.1 Å². The summed E-state index contributed by atoms with van der Waals surface area (Å²) in [6.07, 6.45) is 0. The van der Waals surface area contributed by atoms with Gasteiger partial charge < -0.3 is 0 Å². The standard InChI is InChI=1S/C11H21OP/c1-10(2,3)7-8(11(4,5)6)13-9(7)12/h7-8,13H,1-6H3/t7-,8+/m0/s1. The fourth-order valence-corrected chi connectivity index (χ4v) is 4.05. The van der Waals surface area contributed by atoms with E-state index >= 15 is 0 Å². The maximum atomic E-state index is 11.5. The highest BCUT2D eigenvalue weighted by atomic mass is 31.1. The van der Waals surface area contributed by atoms with Crippen LogP contribution in [-0.2, 0) is 4.79 Å². The first kappa shape index (κ1) is 11.2. The van der Waals surface area contributed by atoms with Gasteiger partial charge in [-0.3, -0.25) is 4.79 Å². The second-order valence-corrected chi connectivity index (χ2v) is 7.60. The van der Waals surface area contributed by atoms with Gasteiger partial charge in [0.1, 0.15) is 0 Å². The summed E-state index contributed by atoms with van der Waals surface area (Å²) in [6.45, 7) is 13.3. The van der Waals surface area contributed by atoms with Gasteiger partial charge in [-0.05, 0) is 25.1 Å². The molecule has 1 heterocycles. The SMILES string of the molecule is CC(C)(C)[C@@H]1PC(=O)[C@H]1C(C)(C)C. The van der Waals surface area contributed by atoms with Crippen LogP contribution in [-0.4, -0.2) is 11.2 Å². The van der Waals surface area contributed by atoms with Gasteiger partial charge in [-0.25, -0.2) is 0 Å². The Bertz CT molecular complexity index is 219. The Balaban J connectivity index is 2.79. The van der Waals surface area contributed by atoms with E-state index in [1.807, 2.05) is 0 Å². The van der Waals surface area contributed by atoms with Crippen LogP contribution in [0.25, 0.3) is 0 Å². The lowest BCUT2D eigenvalue weighted by molar-refractivity contribution is -0.121. The topological polar surface area (TPSA) is 17.1 Å². The van der Waals surface area contributed by atoms with E-state index in [0.717, 1.165) is 0 Å². The van der Waals surface area contributed by atoms with Crippen molar-refractivity contribution < 1.29 is 4.79 Å². The third kappa shape index (κ3) is 2.13. The summed E-state index contributed by atoms with van der Waals surface area (Å²) in [5, 5.41) is 0. The highest BCUT2D eigenvalue weighted by molar-refractivity contribution is 7.61. The summed E-state index contributed by atoms with van der Waals surface area (Å²) < 4.78 is 0. The van der Waals surface area contributed by atoms with Crippen LogP contribution >= 0.6 is 8.58 Å². The van der Waals surface area contributed by atoms with Crippen molar-refractivity contribution in [1.29, 1.82) is 0 Å².